The van der Waals surface area contributed by atoms with E-state index < -0.39 is 6.04 Å². The zero-order valence-corrected chi connectivity index (χ0v) is 14.3. The van der Waals surface area contributed by atoms with Gasteiger partial charge in [0.15, 0.2) is 0 Å². The molecule has 1 saturated heterocycles. The van der Waals surface area contributed by atoms with Crippen LogP contribution in [0, 0.1) is 0 Å². The molecule has 1 aliphatic rings. The highest BCUT2D eigenvalue weighted by Gasteiger charge is 2.34. The summed E-state index contributed by atoms with van der Waals surface area (Å²) in [7, 11) is 0. The van der Waals surface area contributed by atoms with Gasteiger partial charge in [0, 0.05) is 23.4 Å². The summed E-state index contributed by atoms with van der Waals surface area (Å²) in [6, 6.07) is 8.27. The lowest BCUT2D eigenvalue weighted by molar-refractivity contribution is -0.118. The summed E-state index contributed by atoms with van der Waals surface area (Å²) in [6.07, 6.45) is 3.60. The lowest BCUT2D eigenvalue weighted by atomic mass is 10.2. The number of aromatic nitrogens is 1. The van der Waals surface area contributed by atoms with E-state index >= 15 is 0 Å². The van der Waals surface area contributed by atoms with E-state index in [1.165, 1.54) is 6.20 Å². The Bertz CT molecular complexity index is 768. The van der Waals surface area contributed by atoms with E-state index in [1.807, 2.05) is 12.1 Å². The van der Waals surface area contributed by atoms with Gasteiger partial charge in [0.2, 0.25) is 5.91 Å². The smallest absolute Gasteiger partial charge is 0.253 e. The van der Waals surface area contributed by atoms with E-state index in [0.29, 0.717) is 33.7 Å². The number of hydrogen-bond donors (Lipinski definition) is 1. The van der Waals surface area contributed by atoms with Crippen molar-refractivity contribution in [1.29, 1.82) is 0 Å². The maximum absolute atomic E-state index is 12.5. The van der Waals surface area contributed by atoms with E-state index in [1.54, 1.807) is 29.3 Å². The second-order valence-corrected chi connectivity index (χ2v) is 6.47. The molecule has 1 atom stereocenters. The summed E-state index contributed by atoms with van der Waals surface area (Å²) in [6.45, 7) is 0.518. The Labute approximate surface area is 146 Å². The molecule has 2 amide bonds. The number of benzene rings is 1. The first kappa shape index (κ1) is 16.0. The van der Waals surface area contributed by atoms with E-state index in [9.17, 15) is 9.59 Å². The maximum Gasteiger partial charge on any atom is 0.253 e. The number of pyridine rings is 1. The largest absolute Gasteiger partial charge is 0.340 e. The average Bonchev–Trinajstić information content (AvgIpc) is 2.89. The molecule has 1 aliphatic heterocycles. The molecule has 1 N–H and O–H groups in total. The molecule has 0 aliphatic carbocycles. The van der Waals surface area contributed by atoms with E-state index in [0.717, 1.165) is 0 Å². The zero-order chi connectivity index (χ0) is 16.4. The van der Waals surface area contributed by atoms with E-state index in [4.69, 9.17) is 11.6 Å². The number of amides is 2. The lowest BCUT2D eigenvalue weighted by Crippen LogP contribution is -2.41. The average molecular weight is 395 g/mol. The Morgan fingerprint density at radius 2 is 2.13 bits per heavy atom. The van der Waals surface area contributed by atoms with Crippen molar-refractivity contribution in [2.45, 2.75) is 12.5 Å². The van der Waals surface area contributed by atoms with Crippen LogP contribution in [0.25, 0.3) is 0 Å². The predicted molar refractivity (Wildman–Crippen MR) is 91.6 cm³/mol. The van der Waals surface area contributed by atoms with Gasteiger partial charge in [-0.3, -0.25) is 14.6 Å². The summed E-state index contributed by atoms with van der Waals surface area (Å²) < 4.78 is 0.709. The molecule has 1 aromatic carbocycles. The molecule has 0 spiro atoms. The molecular formula is C16H13BrClN3O2. The summed E-state index contributed by atoms with van der Waals surface area (Å²) in [5.41, 5.74) is 1.07. The van der Waals surface area contributed by atoms with Crippen molar-refractivity contribution in [3.8, 4) is 0 Å². The Kier molecular flexibility index (Phi) is 4.63. The summed E-state index contributed by atoms with van der Waals surface area (Å²) in [5.74, 6) is -0.479. The molecule has 7 heteroatoms. The summed E-state index contributed by atoms with van der Waals surface area (Å²) in [4.78, 5) is 30.3. The number of rotatable bonds is 3. The van der Waals surface area contributed by atoms with Gasteiger partial charge in [-0.05, 0) is 40.5 Å². The third-order valence-electron chi connectivity index (χ3n) is 3.62. The van der Waals surface area contributed by atoms with E-state index in [2.05, 4.69) is 26.2 Å². The molecule has 2 aromatic rings. The van der Waals surface area contributed by atoms with Crippen LogP contribution in [0.15, 0.2) is 47.2 Å². The van der Waals surface area contributed by atoms with Crippen molar-refractivity contribution in [2.24, 2.45) is 0 Å². The molecule has 5 nitrogen and oxygen atoms in total. The van der Waals surface area contributed by atoms with Crippen molar-refractivity contribution in [3.63, 3.8) is 0 Å². The second kappa shape index (κ2) is 6.68. The molecular weight excluding hydrogens is 382 g/mol. The SMILES string of the molecule is O=C(NC1CCN(c2ccccc2Cl)C1=O)c1cncc(Br)c1. The first-order valence-electron chi connectivity index (χ1n) is 7.03. The molecule has 1 aromatic heterocycles. The topological polar surface area (TPSA) is 62.3 Å². The van der Waals surface area contributed by atoms with Crippen LogP contribution in [0.1, 0.15) is 16.8 Å². The number of halogens is 2. The predicted octanol–water partition coefficient (Wildman–Crippen LogP) is 3.03. The Morgan fingerprint density at radius 3 is 2.87 bits per heavy atom. The van der Waals surface area contributed by atoms with Gasteiger partial charge in [0.25, 0.3) is 5.91 Å². The minimum atomic E-state index is -0.558. The second-order valence-electron chi connectivity index (χ2n) is 5.15. The first-order valence-corrected chi connectivity index (χ1v) is 8.20. The number of carbonyl (C=O) groups excluding carboxylic acids is 2. The minimum Gasteiger partial charge on any atom is -0.340 e. The van der Waals surface area contributed by atoms with Crippen LogP contribution in [0.5, 0.6) is 0 Å². The van der Waals surface area contributed by atoms with Crippen molar-refractivity contribution in [3.05, 3.63) is 57.8 Å². The van der Waals surface area contributed by atoms with Gasteiger partial charge in [0.1, 0.15) is 6.04 Å². The molecule has 0 saturated carbocycles. The zero-order valence-electron chi connectivity index (χ0n) is 12.0. The number of nitrogens with zero attached hydrogens (tertiary/aromatic N) is 2. The highest BCUT2D eigenvalue weighted by molar-refractivity contribution is 9.10. The molecule has 0 bridgehead atoms. The van der Waals surface area contributed by atoms with Crippen LogP contribution in [0.4, 0.5) is 5.69 Å². The van der Waals surface area contributed by atoms with Crippen molar-refractivity contribution in [1.82, 2.24) is 10.3 Å². The fourth-order valence-electron chi connectivity index (χ4n) is 2.50. The van der Waals surface area contributed by atoms with Crippen LogP contribution in [-0.2, 0) is 4.79 Å². The van der Waals surface area contributed by atoms with Crippen LogP contribution >= 0.6 is 27.5 Å². The monoisotopic (exact) mass is 393 g/mol. The van der Waals surface area contributed by atoms with Gasteiger partial charge >= 0.3 is 0 Å². The van der Waals surface area contributed by atoms with Crippen molar-refractivity contribution in [2.75, 3.05) is 11.4 Å². The van der Waals surface area contributed by atoms with Crippen LogP contribution in [0.3, 0.4) is 0 Å². The Hall–Kier alpha value is -1.92. The number of anilines is 1. The number of nitrogens with one attached hydrogen (secondary N) is 1. The van der Waals surface area contributed by atoms with Gasteiger partial charge in [-0.15, -0.1) is 0 Å². The van der Waals surface area contributed by atoms with Crippen LogP contribution in [0.2, 0.25) is 5.02 Å². The fourth-order valence-corrected chi connectivity index (χ4v) is 3.10. The molecule has 23 heavy (non-hydrogen) atoms. The number of carbonyl (C=O) groups is 2. The Balaban J connectivity index is 1.72. The molecule has 1 unspecified atom stereocenters. The summed E-state index contributed by atoms with van der Waals surface area (Å²) in [5, 5.41) is 3.27. The Morgan fingerprint density at radius 1 is 1.35 bits per heavy atom. The van der Waals surface area contributed by atoms with Gasteiger partial charge in [-0.1, -0.05) is 23.7 Å². The minimum absolute atomic E-state index is 0.158. The van der Waals surface area contributed by atoms with Crippen molar-refractivity contribution < 1.29 is 9.59 Å². The highest BCUT2D eigenvalue weighted by Crippen LogP contribution is 2.29. The lowest BCUT2D eigenvalue weighted by Gasteiger charge is -2.18. The van der Waals surface area contributed by atoms with Crippen molar-refractivity contribution >= 4 is 45.0 Å². The fraction of sp³-hybridized carbons (Fsp3) is 0.188. The van der Waals surface area contributed by atoms with E-state index in [-0.39, 0.29) is 11.8 Å². The summed E-state index contributed by atoms with van der Waals surface area (Å²) >= 11 is 9.41. The molecule has 1 fully saturated rings. The first-order chi connectivity index (χ1) is 11.1. The van der Waals surface area contributed by atoms with Gasteiger partial charge in [0.05, 0.1) is 16.3 Å². The normalized spacial score (nSPS) is 17.4. The number of hydrogen-bond acceptors (Lipinski definition) is 3. The molecule has 3 rings (SSSR count). The highest BCUT2D eigenvalue weighted by atomic mass is 79.9. The van der Waals surface area contributed by atoms with Gasteiger partial charge in [-0.25, -0.2) is 0 Å². The van der Waals surface area contributed by atoms with Crippen LogP contribution in [-0.4, -0.2) is 29.4 Å². The maximum atomic E-state index is 12.5. The third-order valence-corrected chi connectivity index (χ3v) is 4.37. The molecule has 2 heterocycles. The third kappa shape index (κ3) is 3.38. The molecule has 118 valence electrons. The van der Waals surface area contributed by atoms with Gasteiger partial charge in [-0.2, -0.15) is 0 Å². The van der Waals surface area contributed by atoms with Crippen LogP contribution < -0.4 is 10.2 Å². The quantitative estimate of drug-likeness (QED) is 0.870. The molecule has 0 radical (unpaired) electrons. The number of para-hydroxylation sites is 1. The standard InChI is InChI=1S/C16H13BrClN3O2/c17-11-7-10(8-19-9-11)15(22)20-13-5-6-21(16(13)23)14-4-2-1-3-12(14)18/h1-4,7-9,13H,5-6H2,(H,20,22). The van der Waals surface area contributed by atoms with Gasteiger partial charge < -0.3 is 10.2 Å².